The van der Waals surface area contributed by atoms with Crippen LogP contribution in [0, 0.1) is 18.6 Å². The van der Waals surface area contributed by atoms with Crippen LogP contribution in [0.15, 0.2) is 30.3 Å². The van der Waals surface area contributed by atoms with Crippen molar-refractivity contribution in [1.82, 2.24) is 9.55 Å². The van der Waals surface area contributed by atoms with E-state index >= 15 is 0 Å². The van der Waals surface area contributed by atoms with E-state index in [1.807, 2.05) is 19.1 Å². The van der Waals surface area contributed by atoms with Crippen molar-refractivity contribution in [2.24, 2.45) is 0 Å². The van der Waals surface area contributed by atoms with Gasteiger partial charge >= 0.3 is 0 Å². The van der Waals surface area contributed by atoms with Gasteiger partial charge in [-0.25, -0.2) is 13.8 Å². The summed E-state index contributed by atoms with van der Waals surface area (Å²) in [6, 6.07) is 7.29. The number of hydrogen-bond acceptors (Lipinski definition) is 2. The average Bonchev–Trinajstić information content (AvgIpc) is 2.65. The molecular weight excluding hydrogens is 284 g/mol. The summed E-state index contributed by atoms with van der Waals surface area (Å²) in [7, 11) is 0. The van der Waals surface area contributed by atoms with Crippen molar-refractivity contribution in [3.8, 4) is 5.69 Å². The average molecular weight is 294 g/mol. The van der Waals surface area contributed by atoms with Crippen molar-refractivity contribution in [3.05, 3.63) is 52.6 Å². The van der Waals surface area contributed by atoms with E-state index in [9.17, 15) is 8.78 Å². The lowest BCUT2D eigenvalue weighted by Gasteiger charge is -2.10. The summed E-state index contributed by atoms with van der Waals surface area (Å²) in [6.07, 6.45) is 0. The van der Waals surface area contributed by atoms with E-state index in [1.165, 1.54) is 4.57 Å². The van der Waals surface area contributed by atoms with Crippen LogP contribution in [0.5, 0.6) is 0 Å². The molecule has 0 bridgehead atoms. The van der Waals surface area contributed by atoms with E-state index in [0.717, 1.165) is 17.7 Å². The Balaban J connectivity index is 2.40. The second-order valence-electron chi connectivity index (χ2n) is 4.52. The molecule has 2 aromatic carbocycles. The van der Waals surface area contributed by atoms with Gasteiger partial charge in [0, 0.05) is 6.07 Å². The first-order chi connectivity index (χ1) is 9.47. The number of anilines is 1. The molecule has 0 saturated carbocycles. The van der Waals surface area contributed by atoms with Gasteiger partial charge in [-0.05, 0) is 30.7 Å². The lowest BCUT2D eigenvalue weighted by Crippen LogP contribution is -2.04. The van der Waals surface area contributed by atoms with Gasteiger partial charge in [0.2, 0.25) is 5.95 Å². The van der Waals surface area contributed by atoms with Gasteiger partial charge in [0.15, 0.2) is 5.82 Å². The zero-order valence-electron chi connectivity index (χ0n) is 10.5. The minimum atomic E-state index is -0.789. The molecule has 0 fully saturated rings. The molecule has 6 heteroatoms. The van der Waals surface area contributed by atoms with Crippen LogP contribution >= 0.6 is 11.6 Å². The van der Waals surface area contributed by atoms with E-state index in [4.69, 9.17) is 17.3 Å². The highest BCUT2D eigenvalue weighted by atomic mass is 35.5. The quantitative estimate of drug-likeness (QED) is 0.740. The van der Waals surface area contributed by atoms with Gasteiger partial charge in [-0.1, -0.05) is 17.7 Å². The zero-order valence-corrected chi connectivity index (χ0v) is 11.2. The van der Waals surface area contributed by atoms with Crippen LogP contribution in [0.2, 0.25) is 5.02 Å². The molecule has 0 saturated heterocycles. The van der Waals surface area contributed by atoms with Crippen LogP contribution in [0.25, 0.3) is 16.7 Å². The fourth-order valence-electron chi connectivity index (χ4n) is 2.19. The molecule has 0 atom stereocenters. The first-order valence-corrected chi connectivity index (χ1v) is 6.24. The van der Waals surface area contributed by atoms with Crippen molar-refractivity contribution in [2.75, 3.05) is 5.73 Å². The van der Waals surface area contributed by atoms with Crippen LogP contribution < -0.4 is 5.73 Å². The SMILES string of the molecule is Cc1ccc2nc(N)n(-c3c(F)cc(F)cc3Cl)c2c1. The molecule has 3 rings (SSSR count). The molecule has 102 valence electrons. The Labute approximate surface area is 118 Å². The Morgan fingerprint density at radius 2 is 1.95 bits per heavy atom. The summed E-state index contributed by atoms with van der Waals surface area (Å²) in [5.74, 6) is -1.43. The van der Waals surface area contributed by atoms with Gasteiger partial charge < -0.3 is 5.73 Å². The molecule has 1 heterocycles. The fourth-order valence-corrected chi connectivity index (χ4v) is 2.47. The third-order valence-corrected chi connectivity index (χ3v) is 3.33. The first kappa shape index (κ1) is 12.9. The number of halogens is 3. The molecule has 0 aliphatic rings. The third kappa shape index (κ3) is 1.91. The summed E-state index contributed by atoms with van der Waals surface area (Å²) < 4.78 is 28.6. The topological polar surface area (TPSA) is 43.8 Å². The van der Waals surface area contributed by atoms with Gasteiger partial charge in [0.25, 0.3) is 0 Å². The standard InChI is InChI=1S/C14H10ClF2N3/c1-7-2-3-11-12(4-7)20(14(18)19-11)13-9(15)5-8(16)6-10(13)17/h2-6H,1H3,(H2,18,19). The van der Waals surface area contributed by atoms with Gasteiger partial charge in [-0.3, -0.25) is 4.57 Å². The maximum Gasteiger partial charge on any atom is 0.206 e. The Morgan fingerprint density at radius 3 is 2.65 bits per heavy atom. The van der Waals surface area contributed by atoms with Gasteiger partial charge in [0.05, 0.1) is 16.1 Å². The minimum absolute atomic E-state index is 0.00123. The van der Waals surface area contributed by atoms with Gasteiger partial charge in [-0.2, -0.15) is 0 Å². The number of rotatable bonds is 1. The summed E-state index contributed by atoms with van der Waals surface area (Å²) in [5, 5.41) is -0.0602. The van der Waals surface area contributed by atoms with E-state index in [0.29, 0.717) is 11.0 Å². The number of aryl methyl sites for hydroxylation is 1. The van der Waals surface area contributed by atoms with E-state index in [1.54, 1.807) is 6.07 Å². The van der Waals surface area contributed by atoms with Crippen molar-refractivity contribution in [1.29, 1.82) is 0 Å². The summed E-state index contributed by atoms with van der Waals surface area (Å²) in [5.41, 5.74) is 8.05. The molecule has 0 spiro atoms. The lowest BCUT2D eigenvalue weighted by molar-refractivity contribution is 0.579. The molecular formula is C14H10ClF2N3. The Morgan fingerprint density at radius 1 is 1.20 bits per heavy atom. The predicted molar refractivity (Wildman–Crippen MR) is 75.1 cm³/mol. The van der Waals surface area contributed by atoms with Crippen LogP contribution in [0.3, 0.4) is 0 Å². The number of benzene rings is 2. The predicted octanol–water partition coefficient (Wildman–Crippen LogP) is 3.85. The Kier molecular flexibility index (Phi) is 2.87. The number of nitrogens with two attached hydrogens (primary N) is 1. The Bertz CT molecular complexity index is 804. The first-order valence-electron chi connectivity index (χ1n) is 5.87. The number of fused-ring (bicyclic) bond motifs is 1. The highest BCUT2D eigenvalue weighted by molar-refractivity contribution is 6.32. The van der Waals surface area contributed by atoms with E-state index in [-0.39, 0.29) is 16.7 Å². The minimum Gasteiger partial charge on any atom is -0.369 e. The molecule has 3 nitrogen and oxygen atoms in total. The molecule has 1 aromatic heterocycles. The number of hydrogen-bond donors (Lipinski definition) is 1. The molecule has 3 aromatic rings. The monoisotopic (exact) mass is 293 g/mol. The number of nitrogen functional groups attached to an aromatic ring is 1. The number of imidazole rings is 1. The number of nitrogens with zero attached hydrogens (tertiary/aromatic N) is 2. The summed E-state index contributed by atoms with van der Waals surface area (Å²) >= 11 is 5.95. The van der Waals surface area contributed by atoms with E-state index < -0.39 is 11.6 Å². The third-order valence-electron chi connectivity index (χ3n) is 3.04. The fraction of sp³-hybridized carbons (Fsp3) is 0.0714. The largest absolute Gasteiger partial charge is 0.369 e. The normalized spacial score (nSPS) is 11.2. The molecule has 0 radical (unpaired) electrons. The summed E-state index contributed by atoms with van der Waals surface area (Å²) in [4.78, 5) is 4.16. The van der Waals surface area contributed by atoms with Crippen molar-refractivity contribution >= 4 is 28.6 Å². The smallest absolute Gasteiger partial charge is 0.206 e. The summed E-state index contributed by atoms with van der Waals surface area (Å²) in [6.45, 7) is 1.90. The van der Waals surface area contributed by atoms with Gasteiger partial charge in [-0.15, -0.1) is 0 Å². The van der Waals surface area contributed by atoms with Crippen LogP contribution in [-0.4, -0.2) is 9.55 Å². The second kappa shape index (κ2) is 4.45. The second-order valence-corrected chi connectivity index (χ2v) is 4.92. The van der Waals surface area contributed by atoms with Crippen molar-refractivity contribution in [3.63, 3.8) is 0 Å². The number of aromatic nitrogens is 2. The van der Waals surface area contributed by atoms with Gasteiger partial charge in [0.1, 0.15) is 11.5 Å². The molecule has 0 aliphatic heterocycles. The van der Waals surface area contributed by atoms with Crippen LogP contribution in [0.4, 0.5) is 14.7 Å². The van der Waals surface area contributed by atoms with Crippen molar-refractivity contribution < 1.29 is 8.78 Å². The Hall–Kier alpha value is -2.14. The van der Waals surface area contributed by atoms with E-state index in [2.05, 4.69) is 4.98 Å². The maximum atomic E-state index is 14.1. The zero-order chi connectivity index (χ0) is 14.4. The van der Waals surface area contributed by atoms with Crippen LogP contribution in [-0.2, 0) is 0 Å². The molecule has 0 aliphatic carbocycles. The molecule has 20 heavy (non-hydrogen) atoms. The maximum absolute atomic E-state index is 14.1. The molecule has 2 N–H and O–H groups in total. The highest BCUT2D eigenvalue weighted by Gasteiger charge is 2.18. The molecule has 0 amide bonds. The highest BCUT2D eigenvalue weighted by Crippen LogP contribution is 2.31. The van der Waals surface area contributed by atoms with Crippen molar-refractivity contribution in [2.45, 2.75) is 6.92 Å². The molecule has 0 unspecified atom stereocenters. The lowest BCUT2D eigenvalue weighted by atomic mass is 10.2. The van der Waals surface area contributed by atoms with Crippen LogP contribution in [0.1, 0.15) is 5.56 Å².